The highest BCUT2D eigenvalue weighted by Crippen LogP contribution is 2.35. The van der Waals surface area contributed by atoms with E-state index in [4.69, 9.17) is 0 Å². The zero-order valence-electron chi connectivity index (χ0n) is 9.55. The molecule has 0 aromatic carbocycles. The fourth-order valence-electron chi connectivity index (χ4n) is 2.70. The minimum absolute atomic E-state index is 0.823. The van der Waals surface area contributed by atoms with E-state index in [1.807, 2.05) is 0 Å². The average molecular weight is 193 g/mol. The summed E-state index contributed by atoms with van der Waals surface area (Å²) in [5, 5.41) is 3.44. The van der Waals surface area contributed by atoms with Crippen molar-refractivity contribution in [2.45, 2.75) is 39.5 Å². The predicted octanol–water partition coefficient (Wildman–Crippen LogP) is 2.98. The molecule has 0 radical (unpaired) electrons. The third kappa shape index (κ3) is 2.20. The Balaban J connectivity index is 1.87. The first-order valence-electron chi connectivity index (χ1n) is 6.16. The quantitative estimate of drug-likeness (QED) is 0.679. The van der Waals surface area contributed by atoms with Crippen LogP contribution in [0.1, 0.15) is 39.5 Å². The second-order valence-electron chi connectivity index (χ2n) is 5.15. The van der Waals surface area contributed by atoms with Crippen molar-refractivity contribution >= 4 is 0 Å². The Labute approximate surface area is 88.0 Å². The van der Waals surface area contributed by atoms with Crippen molar-refractivity contribution in [1.29, 1.82) is 0 Å². The molecule has 0 spiro atoms. The Kier molecular flexibility index (Phi) is 3.27. The van der Waals surface area contributed by atoms with E-state index in [2.05, 4.69) is 25.2 Å². The standard InChI is InChI=1S/C13H23N/c1-10(12-4-3-5-12)8-11(2)13-6-7-14-9-13/h8,10,12-14H,3-7,9H2,1-2H3/b11-8-. The lowest BCUT2D eigenvalue weighted by atomic mass is 9.75. The first-order valence-corrected chi connectivity index (χ1v) is 6.16. The molecule has 1 saturated heterocycles. The summed E-state index contributed by atoms with van der Waals surface area (Å²) in [4.78, 5) is 0. The zero-order valence-corrected chi connectivity index (χ0v) is 9.55. The van der Waals surface area contributed by atoms with E-state index in [0.29, 0.717) is 0 Å². The van der Waals surface area contributed by atoms with Gasteiger partial charge < -0.3 is 5.32 Å². The van der Waals surface area contributed by atoms with Crippen LogP contribution in [-0.2, 0) is 0 Å². The summed E-state index contributed by atoms with van der Waals surface area (Å²) in [6.45, 7) is 7.15. The summed E-state index contributed by atoms with van der Waals surface area (Å²) in [6.07, 6.45) is 8.29. The SMILES string of the molecule is C/C(=C/C(C)C1CCC1)C1CCNC1. The van der Waals surface area contributed by atoms with E-state index in [-0.39, 0.29) is 0 Å². The van der Waals surface area contributed by atoms with Crippen molar-refractivity contribution in [2.75, 3.05) is 13.1 Å². The van der Waals surface area contributed by atoms with Gasteiger partial charge in [0.1, 0.15) is 0 Å². The van der Waals surface area contributed by atoms with E-state index in [1.54, 1.807) is 5.57 Å². The highest BCUT2D eigenvalue weighted by molar-refractivity contribution is 5.09. The molecular weight excluding hydrogens is 170 g/mol. The van der Waals surface area contributed by atoms with Gasteiger partial charge in [-0.15, -0.1) is 0 Å². The van der Waals surface area contributed by atoms with Gasteiger partial charge in [0.2, 0.25) is 0 Å². The molecular formula is C13H23N. The molecule has 0 bridgehead atoms. The topological polar surface area (TPSA) is 12.0 Å². The van der Waals surface area contributed by atoms with Gasteiger partial charge in [-0.05, 0) is 50.5 Å². The van der Waals surface area contributed by atoms with E-state index in [1.165, 1.54) is 38.8 Å². The molecule has 2 fully saturated rings. The Morgan fingerprint density at radius 2 is 2.14 bits per heavy atom. The summed E-state index contributed by atoms with van der Waals surface area (Å²) in [6, 6.07) is 0. The van der Waals surface area contributed by atoms with Crippen LogP contribution in [0.15, 0.2) is 11.6 Å². The normalized spacial score (nSPS) is 31.6. The van der Waals surface area contributed by atoms with Crippen LogP contribution in [0.2, 0.25) is 0 Å². The fraction of sp³-hybridized carbons (Fsp3) is 0.846. The minimum atomic E-state index is 0.823. The molecule has 2 atom stereocenters. The first kappa shape index (κ1) is 10.2. The summed E-state index contributed by atoms with van der Waals surface area (Å²) in [7, 11) is 0. The molecule has 0 aromatic rings. The number of hydrogen-bond acceptors (Lipinski definition) is 1. The second kappa shape index (κ2) is 4.48. The van der Waals surface area contributed by atoms with E-state index >= 15 is 0 Å². The number of nitrogens with one attached hydrogen (secondary N) is 1. The number of rotatable bonds is 3. The van der Waals surface area contributed by atoms with E-state index in [9.17, 15) is 0 Å². The fourth-order valence-corrected chi connectivity index (χ4v) is 2.70. The third-order valence-electron chi connectivity index (χ3n) is 4.12. The van der Waals surface area contributed by atoms with Crippen LogP contribution in [0.25, 0.3) is 0 Å². The Morgan fingerprint density at radius 1 is 1.36 bits per heavy atom. The molecule has 1 nitrogen and oxygen atoms in total. The molecule has 2 aliphatic rings. The molecule has 2 unspecified atom stereocenters. The van der Waals surface area contributed by atoms with Crippen molar-refractivity contribution in [3.05, 3.63) is 11.6 Å². The van der Waals surface area contributed by atoms with E-state index in [0.717, 1.165) is 17.8 Å². The van der Waals surface area contributed by atoms with Crippen LogP contribution >= 0.6 is 0 Å². The summed E-state index contributed by atoms with van der Waals surface area (Å²) in [5.74, 6) is 2.65. The van der Waals surface area contributed by atoms with Crippen LogP contribution in [0.3, 0.4) is 0 Å². The molecule has 1 aliphatic heterocycles. The summed E-state index contributed by atoms with van der Waals surface area (Å²) in [5.41, 5.74) is 1.63. The van der Waals surface area contributed by atoms with Gasteiger partial charge in [-0.2, -0.15) is 0 Å². The third-order valence-corrected chi connectivity index (χ3v) is 4.12. The minimum Gasteiger partial charge on any atom is -0.316 e. The van der Waals surface area contributed by atoms with Gasteiger partial charge >= 0.3 is 0 Å². The molecule has 1 heteroatoms. The summed E-state index contributed by atoms with van der Waals surface area (Å²) < 4.78 is 0. The molecule has 0 aromatic heterocycles. The lowest BCUT2D eigenvalue weighted by Gasteiger charge is -2.30. The number of hydrogen-bond donors (Lipinski definition) is 1. The zero-order chi connectivity index (χ0) is 9.97. The second-order valence-corrected chi connectivity index (χ2v) is 5.15. The molecule has 14 heavy (non-hydrogen) atoms. The van der Waals surface area contributed by atoms with Crippen molar-refractivity contribution in [2.24, 2.45) is 17.8 Å². The van der Waals surface area contributed by atoms with Gasteiger partial charge in [-0.3, -0.25) is 0 Å². The van der Waals surface area contributed by atoms with Gasteiger partial charge in [-0.1, -0.05) is 25.0 Å². The smallest absolute Gasteiger partial charge is 0.00172 e. The maximum absolute atomic E-state index is 3.44. The van der Waals surface area contributed by atoms with Crippen LogP contribution in [-0.4, -0.2) is 13.1 Å². The molecule has 1 heterocycles. The van der Waals surface area contributed by atoms with E-state index < -0.39 is 0 Å². The molecule has 2 rings (SSSR count). The van der Waals surface area contributed by atoms with Crippen LogP contribution in [0, 0.1) is 17.8 Å². The molecule has 1 N–H and O–H groups in total. The summed E-state index contributed by atoms with van der Waals surface area (Å²) >= 11 is 0. The van der Waals surface area contributed by atoms with Crippen molar-refractivity contribution < 1.29 is 0 Å². The average Bonchev–Trinajstić information content (AvgIpc) is 2.51. The van der Waals surface area contributed by atoms with Gasteiger partial charge in [0.25, 0.3) is 0 Å². The molecule has 1 aliphatic carbocycles. The highest BCUT2D eigenvalue weighted by atomic mass is 14.9. The Bertz CT molecular complexity index is 209. The van der Waals surface area contributed by atoms with Crippen LogP contribution in [0.5, 0.6) is 0 Å². The van der Waals surface area contributed by atoms with Crippen LogP contribution < -0.4 is 5.32 Å². The van der Waals surface area contributed by atoms with Crippen LogP contribution in [0.4, 0.5) is 0 Å². The van der Waals surface area contributed by atoms with Crippen molar-refractivity contribution in [3.63, 3.8) is 0 Å². The van der Waals surface area contributed by atoms with Gasteiger partial charge in [0, 0.05) is 6.54 Å². The van der Waals surface area contributed by atoms with Crippen molar-refractivity contribution in [3.8, 4) is 0 Å². The van der Waals surface area contributed by atoms with Gasteiger partial charge in [0.15, 0.2) is 0 Å². The first-order chi connectivity index (χ1) is 6.77. The lowest BCUT2D eigenvalue weighted by molar-refractivity contribution is 0.254. The van der Waals surface area contributed by atoms with Crippen molar-refractivity contribution in [1.82, 2.24) is 5.32 Å². The molecule has 80 valence electrons. The van der Waals surface area contributed by atoms with Gasteiger partial charge in [0.05, 0.1) is 0 Å². The maximum Gasteiger partial charge on any atom is 0.00172 e. The Hall–Kier alpha value is -0.300. The highest BCUT2D eigenvalue weighted by Gasteiger charge is 2.23. The Morgan fingerprint density at radius 3 is 2.64 bits per heavy atom. The van der Waals surface area contributed by atoms with Gasteiger partial charge in [-0.25, -0.2) is 0 Å². The monoisotopic (exact) mass is 193 g/mol. The lowest BCUT2D eigenvalue weighted by Crippen LogP contribution is -2.19. The number of allylic oxidation sites excluding steroid dienone is 1. The molecule has 1 saturated carbocycles. The maximum atomic E-state index is 3.44. The predicted molar refractivity (Wildman–Crippen MR) is 61.2 cm³/mol. The largest absolute Gasteiger partial charge is 0.316 e. The molecule has 0 amide bonds.